The van der Waals surface area contributed by atoms with Gasteiger partial charge >= 0.3 is 40.4 Å². The number of hydrogen-bond acceptors (Lipinski definition) is 0. The van der Waals surface area contributed by atoms with Gasteiger partial charge in [0.2, 0.25) is 0 Å². The summed E-state index contributed by atoms with van der Waals surface area (Å²) >= 11 is 0. The molecule has 0 aliphatic heterocycles. The van der Waals surface area contributed by atoms with Crippen molar-refractivity contribution in [2.75, 3.05) is 0 Å². The molecule has 4 heteroatoms. The fourth-order valence-electron chi connectivity index (χ4n) is 0. The summed E-state index contributed by atoms with van der Waals surface area (Å²) < 4.78 is 0. The van der Waals surface area contributed by atoms with Crippen molar-refractivity contribution < 1.29 is 91.3 Å². The normalized spacial score (nSPS) is 0. The molecule has 0 saturated heterocycles. The fourth-order valence-corrected chi connectivity index (χ4v) is 0. The third kappa shape index (κ3) is 8.84. The van der Waals surface area contributed by atoms with Gasteiger partial charge in [0.05, 0.1) is 0 Å². The molecule has 0 aromatic rings. The van der Waals surface area contributed by atoms with E-state index in [0.717, 1.165) is 0 Å². The SMILES string of the molecule is [Br-].[Br-].[Br-].[Sm+3]. The van der Waals surface area contributed by atoms with Crippen molar-refractivity contribution in [3.63, 3.8) is 0 Å². The molecule has 0 aliphatic carbocycles. The summed E-state index contributed by atoms with van der Waals surface area (Å²) in [5, 5.41) is 0. The van der Waals surface area contributed by atoms with E-state index in [1.807, 2.05) is 0 Å². The van der Waals surface area contributed by atoms with Gasteiger partial charge in [-0.05, 0) is 0 Å². The van der Waals surface area contributed by atoms with Gasteiger partial charge in [0, 0.05) is 0 Å². The van der Waals surface area contributed by atoms with Gasteiger partial charge in [-0.2, -0.15) is 0 Å². The third-order valence-corrected chi connectivity index (χ3v) is 0. The van der Waals surface area contributed by atoms with E-state index in [4.69, 9.17) is 0 Å². The summed E-state index contributed by atoms with van der Waals surface area (Å²) in [6, 6.07) is 0. The van der Waals surface area contributed by atoms with Crippen LogP contribution in [0.5, 0.6) is 0 Å². The monoisotopic (exact) mass is 389 g/mol. The van der Waals surface area contributed by atoms with Crippen molar-refractivity contribution >= 4 is 0 Å². The molecule has 0 spiro atoms. The van der Waals surface area contributed by atoms with Crippen LogP contribution in [0.1, 0.15) is 0 Å². The first-order valence-corrected chi connectivity index (χ1v) is 0. The van der Waals surface area contributed by atoms with Crippen molar-refractivity contribution in [3.05, 3.63) is 0 Å². The minimum atomic E-state index is 0. The van der Waals surface area contributed by atoms with E-state index in [1.54, 1.807) is 0 Å². The van der Waals surface area contributed by atoms with Gasteiger partial charge < -0.3 is 50.9 Å². The van der Waals surface area contributed by atoms with Crippen LogP contribution >= 0.6 is 0 Å². The average Bonchev–Trinajstić information content (AvgIpc) is 0. The topological polar surface area (TPSA) is 0 Å². The van der Waals surface area contributed by atoms with Crippen LogP contribution in [0.3, 0.4) is 0 Å². The molecule has 0 nitrogen and oxygen atoms in total. The molecule has 27 valence electrons. The van der Waals surface area contributed by atoms with Crippen molar-refractivity contribution in [2.24, 2.45) is 0 Å². The van der Waals surface area contributed by atoms with Crippen LogP contribution in [0.2, 0.25) is 0 Å². The number of hydrogen-bond donors (Lipinski definition) is 0. The van der Waals surface area contributed by atoms with Crippen molar-refractivity contribution in [1.29, 1.82) is 0 Å². The largest absolute Gasteiger partial charge is 3.00 e. The van der Waals surface area contributed by atoms with Crippen LogP contribution in [-0.2, 0) is 0 Å². The van der Waals surface area contributed by atoms with E-state index in [9.17, 15) is 0 Å². The molecule has 0 rings (SSSR count). The zero-order valence-corrected chi connectivity index (χ0v) is 8.92. The molecule has 0 heterocycles. The van der Waals surface area contributed by atoms with Gasteiger partial charge in [-0.1, -0.05) is 0 Å². The van der Waals surface area contributed by atoms with E-state index >= 15 is 0 Å². The van der Waals surface area contributed by atoms with Gasteiger partial charge in [0.1, 0.15) is 0 Å². The van der Waals surface area contributed by atoms with Crippen LogP contribution in [0.4, 0.5) is 0 Å². The summed E-state index contributed by atoms with van der Waals surface area (Å²) in [6.07, 6.45) is 0. The zero-order valence-electron chi connectivity index (χ0n) is 1.54. The molecule has 0 amide bonds. The summed E-state index contributed by atoms with van der Waals surface area (Å²) in [4.78, 5) is 0. The van der Waals surface area contributed by atoms with Crippen LogP contribution < -0.4 is 50.9 Å². The molecular weight excluding hydrogens is 390 g/mol. The van der Waals surface area contributed by atoms with Gasteiger partial charge in [-0.3, -0.25) is 0 Å². The van der Waals surface area contributed by atoms with E-state index in [-0.39, 0.29) is 91.3 Å². The fraction of sp³-hybridized carbons (Fsp3) is 0. The van der Waals surface area contributed by atoms with E-state index in [2.05, 4.69) is 0 Å². The minimum absolute atomic E-state index is 0. The Kier molecular flexibility index (Phi) is 125. The molecule has 0 bridgehead atoms. The van der Waals surface area contributed by atoms with E-state index < -0.39 is 0 Å². The standard InChI is InChI=1S/3BrH.Sm/h3*1H;/q;;;+3/p-3. The molecule has 1 radical (unpaired) electrons. The molecule has 0 fully saturated rings. The number of rotatable bonds is 0. The van der Waals surface area contributed by atoms with Crippen LogP contribution in [0, 0.1) is 40.4 Å². The Hall–Kier alpha value is 2.78. The van der Waals surface area contributed by atoms with Crippen molar-refractivity contribution in [2.45, 2.75) is 0 Å². The molecule has 0 aromatic carbocycles. The second-order valence-corrected chi connectivity index (χ2v) is 0. The van der Waals surface area contributed by atoms with E-state index in [1.165, 1.54) is 0 Å². The summed E-state index contributed by atoms with van der Waals surface area (Å²) in [5.74, 6) is 0. The summed E-state index contributed by atoms with van der Waals surface area (Å²) in [7, 11) is 0. The first kappa shape index (κ1) is 29.3. The quantitative estimate of drug-likeness (QED) is 0.386. The molecule has 4 heavy (non-hydrogen) atoms. The Morgan fingerprint density at radius 2 is 0.500 bits per heavy atom. The zero-order chi connectivity index (χ0) is 0. The van der Waals surface area contributed by atoms with Crippen LogP contribution in [-0.4, -0.2) is 0 Å². The predicted octanol–water partition coefficient (Wildman–Crippen LogP) is -8.99. The maximum absolute atomic E-state index is 0. The Balaban J connectivity index is 0. The predicted molar refractivity (Wildman–Crippen MR) is 0 cm³/mol. The van der Waals surface area contributed by atoms with Crippen molar-refractivity contribution in [1.82, 2.24) is 0 Å². The number of halogens is 3. The van der Waals surface area contributed by atoms with Gasteiger partial charge in [0.25, 0.3) is 0 Å². The first-order valence-electron chi connectivity index (χ1n) is 0. The molecule has 0 aromatic heterocycles. The Morgan fingerprint density at radius 1 is 0.500 bits per heavy atom. The second-order valence-electron chi connectivity index (χ2n) is 0. The Bertz CT molecular complexity index is 3.25. The average molecular weight is 390 g/mol. The van der Waals surface area contributed by atoms with E-state index in [0.29, 0.717) is 0 Å². The minimum Gasteiger partial charge on any atom is -1.00 e. The maximum Gasteiger partial charge on any atom is 3.00 e. The summed E-state index contributed by atoms with van der Waals surface area (Å²) in [6.45, 7) is 0. The smallest absolute Gasteiger partial charge is 1.00 e. The molecule has 0 unspecified atom stereocenters. The Morgan fingerprint density at radius 3 is 0.500 bits per heavy atom. The molecule has 0 atom stereocenters. The summed E-state index contributed by atoms with van der Waals surface area (Å²) in [5.41, 5.74) is 0. The van der Waals surface area contributed by atoms with Gasteiger partial charge in [-0.15, -0.1) is 0 Å². The molecular formula is Br3Sm. The van der Waals surface area contributed by atoms with Crippen LogP contribution in [0.25, 0.3) is 0 Å². The second kappa shape index (κ2) is 17.1. The third-order valence-electron chi connectivity index (χ3n) is 0. The first-order chi connectivity index (χ1) is 0. The maximum atomic E-state index is 0. The van der Waals surface area contributed by atoms with Crippen molar-refractivity contribution in [3.8, 4) is 0 Å². The molecule has 0 N–H and O–H groups in total. The molecule has 0 saturated carbocycles. The Labute approximate surface area is 89.5 Å². The van der Waals surface area contributed by atoms with Gasteiger partial charge in [-0.25, -0.2) is 0 Å². The van der Waals surface area contributed by atoms with Crippen LogP contribution in [0.15, 0.2) is 0 Å². The van der Waals surface area contributed by atoms with Gasteiger partial charge in [0.15, 0.2) is 0 Å². The molecule has 0 aliphatic rings.